The standard InChI is InChI=1S/C14H19N3O2S/c1-2-19-14(18)12-11(10(8-15)13(16)20-12)9-17-6-4-3-5-7-17/h2-7,9,16H2,1H3. The first-order chi connectivity index (χ1) is 9.67. The van der Waals surface area contributed by atoms with E-state index in [-0.39, 0.29) is 5.97 Å². The molecule has 0 atom stereocenters. The summed E-state index contributed by atoms with van der Waals surface area (Å²) in [7, 11) is 0. The lowest BCUT2D eigenvalue weighted by molar-refractivity contribution is 0.0529. The largest absolute Gasteiger partial charge is 0.462 e. The van der Waals surface area contributed by atoms with Crippen LogP contribution in [0, 0.1) is 11.3 Å². The Kier molecular flexibility index (Phi) is 4.99. The number of nitrogens with two attached hydrogens (primary N) is 1. The Morgan fingerprint density at radius 2 is 2.15 bits per heavy atom. The van der Waals surface area contributed by atoms with Crippen molar-refractivity contribution in [3.05, 3.63) is 16.0 Å². The highest BCUT2D eigenvalue weighted by Gasteiger charge is 2.24. The molecule has 2 heterocycles. The van der Waals surface area contributed by atoms with Gasteiger partial charge in [0.15, 0.2) is 0 Å². The van der Waals surface area contributed by atoms with Crippen LogP contribution in [0.1, 0.15) is 47.0 Å². The number of carbonyl (C=O) groups excluding carboxylic acids is 1. The topological polar surface area (TPSA) is 79.3 Å². The van der Waals surface area contributed by atoms with E-state index in [0.29, 0.717) is 28.6 Å². The molecule has 5 nitrogen and oxygen atoms in total. The molecule has 20 heavy (non-hydrogen) atoms. The van der Waals surface area contributed by atoms with E-state index in [2.05, 4.69) is 11.0 Å². The molecule has 1 aliphatic heterocycles. The van der Waals surface area contributed by atoms with Gasteiger partial charge in [-0.15, -0.1) is 11.3 Å². The van der Waals surface area contributed by atoms with Crippen LogP contribution in [0.3, 0.4) is 0 Å². The van der Waals surface area contributed by atoms with Crippen molar-refractivity contribution in [1.29, 1.82) is 5.26 Å². The smallest absolute Gasteiger partial charge is 0.348 e. The number of piperidine rings is 1. The molecule has 1 aromatic rings. The molecule has 6 heteroatoms. The monoisotopic (exact) mass is 293 g/mol. The SMILES string of the molecule is CCOC(=O)c1sc(N)c(C#N)c1CN1CCCCC1. The van der Waals surface area contributed by atoms with Gasteiger partial charge in [-0.1, -0.05) is 6.42 Å². The molecule has 0 saturated carbocycles. The number of nitriles is 1. The molecule has 0 radical (unpaired) electrons. The third kappa shape index (κ3) is 3.11. The zero-order chi connectivity index (χ0) is 14.5. The molecule has 0 amide bonds. The third-order valence-electron chi connectivity index (χ3n) is 3.44. The number of likely N-dealkylation sites (tertiary alicyclic amines) is 1. The fraction of sp³-hybridized carbons (Fsp3) is 0.571. The molecule has 0 aromatic carbocycles. The van der Waals surface area contributed by atoms with Gasteiger partial charge in [0.2, 0.25) is 0 Å². The Balaban J connectivity index is 2.28. The highest BCUT2D eigenvalue weighted by Crippen LogP contribution is 2.32. The normalized spacial score (nSPS) is 15.8. The fourth-order valence-corrected chi connectivity index (χ4v) is 3.38. The summed E-state index contributed by atoms with van der Waals surface area (Å²) < 4.78 is 5.06. The lowest BCUT2D eigenvalue weighted by atomic mass is 10.1. The van der Waals surface area contributed by atoms with Gasteiger partial charge in [-0.05, 0) is 32.9 Å². The van der Waals surface area contributed by atoms with Gasteiger partial charge in [-0.2, -0.15) is 5.26 Å². The molecule has 108 valence electrons. The number of esters is 1. The van der Waals surface area contributed by atoms with E-state index in [9.17, 15) is 10.1 Å². The van der Waals surface area contributed by atoms with Gasteiger partial charge >= 0.3 is 5.97 Å². The summed E-state index contributed by atoms with van der Waals surface area (Å²) in [6.07, 6.45) is 3.57. The fourth-order valence-electron chi connectivity index (χ4n) is 2.46. The van der Waals surface area contributed by atoms with E-state index < -0.39 is 0 Å². The average molecular weight is 293 g/mol. The molecular weight excluding hydrogens is 274 g/mol. The van der Waals surface area contributed by atoms with E-state index in [0.717, 1.165) is 42.8 Å². The Morgan fingerprint density at radius 1 is 1.45 bits per heavy atom. The van der Waals surface area contributed by atoms with Crippen molar-refractivity contribution >= 4 is 22.3 Å². The minimum atomic E-state index is -0.377. The number of carbonyl (C=O) groups is 1. The Labute approximate surface area is 122 Å². The van der Waals surface area contributed by atoms with Crippen molar-refractivity contribution in [3.63, 3.8) is 0 Å². The molecular formula is C14H19N3O2S. The number of nitrogens with zero attached hydrogens (tertiary/aromatic N) is 2. The number of ether oxygens (including phenoxy) is 1. The van der Waals surface area contributed by atoms with Crippen LogP contribution >= 0.6 is 11.3 Å². The van der Waals surface area contributed by atoms with E-state index in [1.807, 2.05) is 0 Å². The predicted molar refractivity (Wildman–Crippen MR) is 78.5 cm³/mol. The number of hydrogen-bond acceptors (Lipinski definition) is 6. The minimum Gasteiger partial charge on any atom is -0.462 e. The van der Waals surface area contributed by atoms with Crippen LogP contribution in [-0.2, 0) is 11.3 Å². The Hall–Kier alpha value is -1.58. The molecule has 2 rings (SSSR count). The van der Waals surface area contributed by atoms with Gasteiger partial charge in [0.25, 0.3) is 0 Å². The maximum atomic E-state index is 12.0. The molecule has 1 saturated heterocycles. The quantitative estimate of drug-likeness (QED) is 0.862. The minimum absolute atomic E-state index is 0.321. The number of rotatable bonds is 4. The van der Waals surface area contributed by atoms with Crippen LogP contribution in [0.25, 0.3) is 0 Å². The second-order valence-electron chi connectivity index (χ2n) is 4.82. The number of thiophene rings is 1. The molecule has 1 fully saturated rings. The Bertz CT molecular complexity index is 527. The van der Waals surface area contributed by atoms with E-state index in [1.54, 1.807) is 6.92 Å². The second-order valence-corrected chi connectivity index (χ2v) is 5.87. The lowest BCUT2D eigenvalue weighted by Crippen LogP contribution is -2.29. The lowest BCUT2D eigenvalue weighted by Gasteiger charge is -2.26. The summed E-state index contributed by atoms with van der Waals surface area (Å²) >= 11 is 1.16. The van der Waals surface area contributed by atoms with Crippen LogP contribution in [-0.4, -0.2) is 30.6 Å². The summed E-state index contributed by atoms with van der Waals surface area (Å²) in [5, 5.41) is 9.66. The molecule has 0 unspecified atom stereocenters. The summed E-state index contributed by atoms with van der Waals surface area (Å²) in [6.45, 7) is 4.70. The predicted octanol–water partition coefficient (Wildman–Crippen LogP) is 2.36. The average Bonchev–Trinajstić information content (AvgIpc) is 2.76. The van der Waals surface area contributed by atoms with Crippen molar-refractivity contribution < 1.29 is 9.53 Å². The van der Waals surface area contributed by atoms with Gasteiger partial charge in [0.1, 0.15) is 15.9 Å². The van der Waals surface area contributed by atoms with Crippen molar-refractivity contribution in [2.24, 2.45) is 0 Å². The summed E-state index contributed by atoms with van der Waals surface area (Å²) in [6, 6.07) is 2.12. The van der Waals surface area contributed by atoms with Crippen LogP contribution in [0.15, 0.2) is 0 Å². The third-order valence-corrected chi connectivity index (χ3v) is 4.48. The Morgan fingerprint density at radius 3 is 2.75 bits per heavy atom. The van der Waals surface area contributed by atoms with Crippen LogP contribution in [0.5, 0.6) is 0 Å². The highest BCUT2D eigenvalue weighted by molar-refractivity contribution is 7.18. The molecule has 0 bridgehead atoms. The summed E-state index contributed by atoms with van der Waals surface area (Å²) in [5.74, 6) is -0.377. The second kappa shape index (κ2) is 6.73. The van der Waals surface area contributed by atoms with Crippen LogP contribution in [0.2, 0.25) is 0 Å². The van der Waals surface area contributed by atoms with Gasteiger partial charge in [-0.3, -0.25) is 4.90 Å². The summed E-state index contributed by atoms with van der Waals surface area (Å²) in [5.41, 5.74) is 7.03. The van der Waals surface area contributed by atoms with Crippen molar-refractivity contribution in [3.8, 4) is 6.07 Å². The van der Waals surface area contributed by atoms with Crippen molar-refractivity contribution in [2.45, 2.75) is 32.7 Å². The zero-order valence-corrected chi connectivity index (χ0v) is 12.5. The highest BCUT2D eigenvalue weighted by atomic mass is 32.1. The molecule has 2 N–H and O–H groups in total. The van der Waals surface area contributed by atoms with Gasteiger partial charge in [0, 0.05) is 12.1 Å². The van der Waals surface area contributed by atoms with Gasteiger partial charge in [0.05, 0.1) is 12.2 Å². The first kappa shape index (κ1) is 14.8. The van der Waals surface area contributed by atoms with Gasteiger partial charge in [-0.25, -0.2) is 4.79 Å². The first-order valence-electron chi connectivity index (χ1n) is 6.88. The molecule has 0 aliphatic carbocycles. The van der Waals surface area contributed by atoms with E-state index in [4.69, 9.17) is 10.5 Å². The van der Waals surface area contributed by atoms with Crippen molar-refractivity contribution in [1.82, 2.24) is 4.90 Å². The van der Waals surface area contributed by atoms with Crippen molar-refractivity contribution in [2.75, 3.05) is 25.4 Å². The molecule has 1 aromatic heterocycles. The number of hydrogen-bond donors (Lipinski definition) is 1. The zero-order valence-electron chi connectivity index (χ0n) is 11.6. The first-order valence-corrected chi connectivity index (χ1v) is 7.69. The number of nitrogen functional groups attached to an aromatic ring is 1. The number of anilines is 1. The summed E-state index contributed by atoms with van der Waals surface area (Å²) in [4.78, 5) is 14.7. The van der Waals surface area contributed by atoms with Crippen LogP contribution < -0.4 is 5.73 Å². The molecule has 1 aliphatic rings. The molecule has 0 spiro atoms. The maximum Gasteiger partial charge on any atom is 0.348 e. The van der Waals surface area contributed by atoms with E-state index >= 15 is 0 Å². The van der Waals surface area contributed by atoms with Crippen LogP contribution in [0.4, 0.5) is 5.00 Å². The van der Waals surface area contributed by atoms with Gasteiger partial charge < -0.3 is 10.5 Å². The van der Waals surface area contributed by atoms with E-state index in [1.165, 1.54) is 6.42 Å². The maximum absolute atomic E-state index is 12.0.